The molecule has 0 saturated heterocycles. The molecule has 0 bridgehead atoms. The third-order valence-electron chi connectivity index (χ3n) is 3.13. The van der Waals surface area contributed by atoms with Gasteiger partial charge >= 0.3 is 0 Å². The molecule has 1 aromatic heterocycles. The Morgan fingerprint density at radius 2 is 2.35 bits per heavy atom. The molecule has 1 aromatic rings. The van der Waals surface area contributed by atoms with E-state index >= 15 is 0 Å². The standard InChI is InChI=1S/C12H17N3O2/c13-12(15-16)11-5-4-10(8-14-11)17-7-6-9-2-1-3-9/h4-5,8-9,16H,1-3,6-7H2,(H2,13,15). The van der Waals surface area contributed by atoms with Crippen LogP contribution in [0.1, 0.15) is 31.4 Å². The van der Waals surface area contributed by atoms with Crippen LogP contribution in [0.25, 0.3) is 0 Å². The molecule has 1 aliphatic rings. The molecule has 92 valence electrons. The van der Waals surface area contributed by atoms with Crippen molar-refractivity contribution >= 4 is 5.84 Å². The zero-order valence-electron chi connectivity index (χ0n) is 9.67. The van der Waals surface area contributed by atoms with Gasteiger partial charge in [0.2, 0.25) is 0 Å². The highest BCUT2D eigenvalue weighted by atomic mass is 16.5. The lowest BCUT2D eigenvalue weighted by molar-refractivity contribution is 0.221. The van der Waals surface area contributed by atoms with Gasteiger partial charge in [0.1, 0.15) is 11.4 Å². The SMILES string of the molecule is N/C(=N/O)c1ccc(OCCC2CCC2)cn1. The summed E-state index contributed by atoms with van der Waals surface area (Å²) in [4.78, 5) is 4.04. The Hall–Kier alpha value is -1.78. The number of pyridine rings is 1. The maximum Gasteiger partial charge on any atom is 0.188 e. The average Bonchev–Trinajstić information content (AvgIpc) is 2.32. The largest absolute Gasteiger partial charge is 0.492 e. The van der Waals surface area contributed by atoms with E-state index in [0.29, 0.717) is 5.69 Å². The summed E-state index contributed by atoms with van der Waals surface area (Å²) in [6.45, 7) is 0.731. The van der Waals surface area contributed by atoms with Gasteiger partial charge in [-0.2, -0.15) is 0 Å². The van der Waals surface area contributed by atoms with Crippen LogP contribution in [0.2, 0.25) is 0 Å². The minimum atomic E-state index is 0.00557. The van der Waals surface area contributed by atoms with Gasteiger partial charge in [0.15, 0.2) is 5.84 Å². The zero-order chi connectivity index (χ0) is 12.1. The van der Waals surface area contributed by atoms with Crippen molar-refractivity contribution in [3.63, 3.8) is 0 Å². The summed E-state index contributed by atoms with van der Waals surface area (Å²) >= 11 is 0. The van der Waals surface area contributed by atoms with Crippen molar-refractivity contribution in [2.24, 2.45) is 16.8 Å². The molecule has 5 nitrogen and oxygen atoms in total. The number of hydrogen-bond acceptors (Lipinski definition) is 4. The molecule has 1 fully saturated rings. The van der Waals surface area contributed by atoms with Crippen molar-refractivity contribution < 1.29 is 9.94 Å². The number of amidine groups is 1. The molecular weight excluding hydrogens is 218 g/mol. The lowest BCUT2D eigenvalue weighted by Gasteiger charge is -2.24. The first-order chi connectivity index (χ1) is 8.29. The monoisotopic (exact) mass is 235 g/mol. The fourth-order valence-electron chi connectivity index (χ4n) is 1.79. The van der Waals surface area contributed by atoms with Gasteiger partial charge < -0.3 is 15.7 Å². The lowest BCUT2D eigenvalue weighted by atomic mass is 9.83. The van der Waals surface area contributed by atoms with Gasteiger partial charge in [0.25, 0.3) is 0 Å². The van der Waals surface area contributed by atoms with Crippen LogP contribution in [0.5, 0.6) is 5.75 Å². The Labute approximate surface area is 100 Å². The van der Waals surface area contributed by atoms with Gasteiger partial charge in [-0.3, -0.25) is 0 Å². The van der Waals surface area contributed by atoms with E-state index in [4.69, 9.17) is 15.7 Å². The molecule has 2 rings (SSSR count). The second-order valence-electron chi connectivity index (χ2n) is 4.30. The first kappa shape index (κ1) is 11.7. The van der Waals surface area contributed by atoms with E-state index in [0.717, 1.165) is 24.7 Å². The van der Waals surface area contributed by atoms with Crippen LogP contribution in [-0.2, 0) is 0 Å². The van der Waals surface area contributed by atoms with Crippen LogP contribution in [-0.4, -0.2) is 22.6 Å². The summed E-state index contributed by atoms with van der Waals surface area (Å²) in [5, 5.41) is 11.4. The molecule has 17 heavy (non-hydrogen) atoms. The van der Waals surface area contributed by atoms with Crippen molar-refractivity contribution in [1.82, 2.24) is 4.98 Å². The number of nitrogens with two attached hydrogens (primary N) is 1. The van der Waals surface area contributed by atoms with Crippen LogP contribution in [0, 0.1) is 5.92 Å². The molecule has 0 amide bonds. The third kappa shape index (κ3) is 3.09. The van der Waals surface area contributed by atoms with Gasteiger partial charge in [-0.1, -0.05) is 24.4 Å². The van der Waals surface area contributed by atoms with E-state index in [1.807, 2.05) is 0 Å². The highest BCUT2D eigenvalue weighted by Crippen LogP contribution is 2.29. The molecule has 1 heterocycles. The second kappa shape index (κ2) is 5.52. The first-order valence-corrected chi connectivity index (χ1v) is 5.86. The van der Waals surface area contributed by atoms with Gasteiger partial charge in [-0.05, 0) is 24.5 Å². The Kier molecular flexibility index (Phi) is 3.80. The number of aromatic nitrogens is 1. The molecule has 0 radical (unpaired) electrons. The van der Waals surface area contributed by atoms with Crippen LogP contribution >= 0.6 is 0 Å². The van der Waals surface area contributed by atoms with Gasteiger partial charge in [0, 0.05) is 0 Å². The Balaban J connectivity index is 1.80. The fourth-order valence-corrected chi connectivity index (χ4v) is 1.79. The topological polar surface area (TPSA) is 80.7 Å². The third-order valence-corrected chi connectivity index (χ3v) is 3.13. The molecule has 0 atom stereocenters. The van der Waals surface area contributed by atoms with Crippen LogP contribution in [0.15, 0.2) is 23.5 Å². The van der Waals surface area contributed by atoms with Crippen LogP contribution < -0.4 is 10.5 Å². The highest BCUT2D eigenvalue weighted by Gasteiger charge is 2.16. The van der Waals surface area contributed by atoms with Crippen LogP contribution in [0.4, 0.5) is 0 Å². The second-order valence-corrected chi connectivity index (χ2v) is 4.30. The normalized spacial score (nSPS) is 16.6. The number of hydrogen-bond donors (Lipinski definition) is 2. The number of nitrogens with zero attached hydrogens (tertiary/aromatic N) is 2. The van der Waals surface area contributed by atoms with Crippen molar-refractivity contribution in [3.8, 4) is 5.75 Å². The number of ether oxygens (including phenoxy) is 1. The van der Waals surface area contributed by atoms with Gasteiger partial charge in [-0.25, -0.2) is 4.98 Å². The predicted octanol–water partition coefficient (Wildman–Crippen LogP) is 1.75. The number of rotatable bonds is 5. The maximum atomic E-state index is 8.49. The van der Waals surface area contributed by atoms with E-state index in [2.05, 4.69) is 10.1 Å². The lowest BCUT2D eigenvalue weighted by Crippen LogP contribution is -2.15. The summed E-state index contributed by atoms with van der Waals surface area (Å²) in [5.74, 6) is 1.57. The summed E-state index contributed by atoms with van der Waals surface area (Å²) < 4.78 is 5.58. The predicted molar refractivity (Wildman–Crippen MR) is 64.2 cm³/mol. The van der Waals surface area contributed by atoms with E-state index in [1.165, 1.54) is 19.3 Å². The maximum absolute atomic E-state index is 8.49. The van der Waals surface area contributed by atoms with Crippen molar-refractivity contribution in [3.05, 3.63) is 24.0 Å². The molecule has 3 N–H and O–H groups in total. The van der Waals surface area contributed by atoms with E-state index in [1.54, 1.807) is 18.3 Å². The summed E-state index contributed by atoms with van der Waals surface area (Å²) in [5.41, 5.74) is 5.85. The number of oxime groups is 1. The Bertz CT molecular complexity index is 385. The summed E-state index contributed by atoms with van der Waals surface area (Å²) in [6, 6.07) is 3.45. The quantitative estimate of drug-likeness (QED) is 0.352. The van der Waals surface area contributed by atoms with Crippen LogP contribution in [0.3, 0.4) is 0 Å². The molecular formula is C12H17N3O2. The highest BCUT2D eigenvalue weighted by molar-refractivity contribution is 5.95. The molecule has 1 aliphatic carbocycles. The zero-order valence-corrected chi connectivity index (χ0v) is 9.67. The van der Waals surface area contributed by atoms with Gasteiger partial charge in [0.05, 0.1) is 12.8 Å². The summed E-state index contributed by atoms with van der Waals surface area (Å²) in [7, 11) is 0. The van der Waals surface area contributed by atoms with Crippen molar-refractivity contribution in [2.75, 3.05) is 6.61 Å². The molecule has 0 spiro atoms. The first-order valence-electron chi connectivity index (χ1n) is 5.86. The molecule has 0 unspecified atom stereocenters. The van der Waals surface area contributed by atoms with E-state index in [9.17, 15) is 0 Å². The molecule has 0 aliphatic heterocycles. The Morgan fingerprint density at radius 1 is 1.53 bits per heavy atom. The molecule has 0 aromatic carbocycles. The fraction of sp³-hybridized carbons (Fsp3) is 0.500. The van der Waals surface area contributed by atoms with E-state index in [-0.39, 0.29) is 5.84 Å². The minimum Gasteiger partial charge on any atom is -0.492 e. The smallest absolute Gasteiger partial charge is 0.188 e. The molecule has 5 heteroatoms. The average molecular weight is 235 g/mol. The van der Waals surface area contributed by atoms with Crippen molar-refractivity contribution in [1.29, 1.82) is 0 Å². The minimum absolute atomic E-state index is 0.00557. The van der Waals surface area contributed by atoms with E-state index < -0.39 is 0 Å². The Morgan fingerprint density at radius 3 is 2.88 bits per heavy atom. The van der Waals surface area contributed by atoms with Gasteiger partial charge in [-0.15, -0.1) is 0 Å². The molecule has 1 saturated carbocycles. The summed E-state index contributed by atoms with van der Waals surface area (Å²) in [6.07, 6.45) is 6.74. The van der Waals surface area contributed by atoms with Crippen molar-refractivity contribution in [2.45, 2.75) is 25.7 Å².